The molecule has 0 saturated carbocycles. The highest BCUT2D eigenvalue weighted by atomic mass is 16.5. The van der Waals surface area contributed by atoms with Crippen LogP contribution >= 0.6 is 0 Å². The van der Waals surface area contributed by atoms with Crippen molar-refractivity contribution in [3.8, 4) is 5.75 Å². The van der Waals surface area contributed by atoms with Crippen molar-refractivity contribution in [3.63, 3.8) is 0 Å². The second-order valence-corrected chi connectivity index (χ2v) is 16.6. The number of likely N-dealkylation sites (N-methyl/N-ethyl adjacent to an activating group) is 1. The lowest BCUT2D eigenvalue weighted by Crippen LogP contribution is -2.57. The zero-order valence-electron chi connectivity index (χ0n) is 32.5. The molecule has 17 nitrogen and oxygen atoms in total. The normalized spacial score (nSPS) is 24.7. The van der Waals surface area contributed by atoms with Crippen LogP contribution in [0, 0.1) is 5.92 Å². The quantitative estimate of drug-likeness (QED) is 0.221. The molecule has 17 heteroatoms. The smallest absolute Gasteiger partial charge is 0.320 e. The molecule has 4 saturated heterocycles. The molecule has 2 aromatic heterocycles. The largest absolute Gasteiger partial charge is 0.489 e. The number of nitrogens with zero attached hydrogens (tertiary/aromatic N) is 8. The van der Waals surface area contributed by atoms with E-state index in [1.807, 2.05) is 30.1 Å². The third-order valence-electron chi connectivity index (χ3n) is 12.9. The van der Waals surface area contributed by atoms with Crippen LogP contribution in [0.2, 0.25) is 0 Å². The number of ether oxygens (including phenoxy) is 1. The molecule has 1 aliphatic carbocycles. The Bertz CT molecular complexity index is 2330. The van der Waals surface area contributed by atoms with E-state index in [2.05, 4.69) is 47.6 Å². The topological polar surface area (TPSA) is 196 Å². The number of imide groups is 1. The minimum Gasteiger partial charge on any atom is -0.489 e. The van der Waals surface area contributed by atoms with Crippen molar-refractivity contribution in [2.75, 3.05) is 81.1 Å². The summed E-state index contributed by atoms with van der Waals surface area (Å²) < 4.78 is 12.3. The number of aromatic nitrogens is 3. The van der Waals surface area contributed by atoms with Gasteiger partial charge in [0.05, 0.1) is 29.9 Å². The summed E-state index contributed by atoms with van der Waals surface area (Å²) in [5.41, 5.74) is 11.4. The van der Waals surface area contributed by atoms with E-state index >= 15 is 0 Å². The number of urea groups is 1. The fourth-order valence-corrected chi connectivity index (χ4v) is 9.94. The van der Waals surface area contributed by atoms with Crippen molar-refractivity contribution in [1.29, 1.82) is 0 Å². The van der Waals surface area contributed by atoms with Crippen LogP contribution in [0.5, 0.6) is 5.75 Å². The molecule has 4 atom stereocenters. The highest BCUT2D eigenvalue weighted by Crippen LogP contribution is 2.40. The number of piperidine rings is 2. The Hall–Kier alpha value is -5.97. The maximum absolute atomic E-state index is 12.7. The molecule has 0 radical (unpaired) electrons. The van der Waals surface area contributed by atoms with Crippen LogP contribution in [0.1, 0.15) is 58.9 Å². The number of benzene rings is 2. The Morgan fingerprint density at radius 3 is 2.71 bits per heavy atom. The van der Waals surface area contributed by atoms with Crippen molar-refractivity contribution >= 4 is 57.7 Å². The van der Waals surface area contributed by atoms with Gasteiger partial charge in [-0.3, -0.25) is 24.6 Å². The second kappa shape index (κ2) is 14.4. The molecule has 5 amide bonds. The van der Waals surface area contributed by atoms with Crippen molar-refractivity contribution in [1.82, 2.24) is 35.1 Å². The molecule has 0 bridgehead atoms. The summed E-state index contributed by atoms with van der Waals surface area (Å²) in [7, 11) is 1.83. The summed E-state index contributed by atoms with van der Waals surface area (Å²) in [5.74, 6) is 0.392. The number of carbonyl (C=O) groups excluding carboxylic acids is 4. The lowest BCUT2D eigenvalue weighted by atomic mass is 9.92. The lowest BCUT2D eigenvalue weighted by Gasteiger charge is -2.46. The van der Waals surface area contributed by atoms with Crippen LogP contribution in [0.25, 0.3) is 11.0 Å². The zero-order chi connectivity index (χ0) is 39.7. The number of piperazine rings is 1. The molecular weight excluding hydrogens is 743 g/mol. The number of amides is 5. The van der Waals surface area contributed by atoms with Gasteiger partial charge in [0.25, 0.3) is 5.91 Å². The first-order valence-corrected chi connectivity index (χ1v) is 20.4. The van der Waals surface area contributed by atoms with Crippen LogP contribution in [-0.2, 0) is 22.4 Å². The molecule has 2 aromatic carbocycles. The van der Waals surface area contributed by atoms with Crippen molar-refractivity contribution < 1.29 is 28.4 Å². The van der Waals surface area contributed by atoms with Gasteiger partial charge in [0.1, 0.15) is 23.9 Å². The maximum Gasteiger partial charge on any atom is 0.320 e. The molecule has 5 aliphatic heterocycles. The molecule has 7 heterocycles. The van der Waals surface area contributed by atoms with Gasteiger partial charge in [0.2, 0.25) is 11.8 Å². The molecule has 0 spiro atoms. The van der Waals surface area contributed by atoms with Gasteiger partial charge in [-0.15, -0.1) is 0 Å². The fourth-order valence-electron chi connectivity index (χ4n) is 9.94. The molecular formula is C41H47N11O6. The Balaban J connectivity index is 0.785. The highest BCUT2D eigenvalue weighted by molar-refractivity contribution is 6.02. The molecule has 1 unspecified atom stereocenters. The molecule has 10 rings (SSSR count). The first-order chi connectivity index (χ1) is 28.2. The van der Waals surface area contributed by atoms with Gasteiger partial charge in [-0.2, -0.15) is 0 Å². The van der Waals surface area contributed by atoms with Crippen molar-refractivity contribution in [3.05, 3.63) is 59.0 Å². The van der Waals surface area contributed by atoms with Crippen LogP contribution in [0.15, 0.2) is 41.1 Å². The van der Waals surface area contributed by atoms with Gasteiger partial charge >= 0.3 is 6.03 Å². The van der Waals surface area contributed by atoms with Crippen molar-refractivity contribution in [2.24, 2.45) is 11.7 Å². The molecule has 302 valence electrons. The Morgan fingerprint density at radius 1 is 1.00 bits per heavy atom. The van der Waals surface area contributed by atoms with E-state index in [4.69, 9.17) is 20.0 Å². The van der Waals surface area contributed by atoms with Gasteiger partial charge in [-0.1, -0.05) is 11.2 Å². The summed E-state index contributed by atoms with van der Waals surface area (Å²) in [4.78, 5) is 69.5. The van der Waals surface area contributed by atoms with E-state index in [0.29, 0.717) is 55.7 Å². The van der Waals surface area contributed by atoms with Crippen LogP contribution in [-0.4, -0.2) is 132 Å². The number of rotatable bonds is 8. The second-order valence-electron chi connectivity index (χ2n) is 16.6. The lowest BCUT2D eigenvalue weighted by molar-refractivity contribution is -0.134. The van der Waals surface area contributed by atoms with Gasteiger partial charge in [-0.25, -0.2) is 14.8 Å². The average Bonchev–Trinajstić information content (AvgIpc) is 3.93. The first kappa shape index (κ1) is 36.4. The number of nitrogens with one attached hydrogen (secondary N) is 2. The van der Waals surface area contributed by atoms with E-state index in [0.717, 1.165) is 87.4 Å². The molecule has 6 aliphatic rings. The molecule has 4 fully saturated rings. The number of carbonyl (C=O) groups is 4. The van der Waals surface area contributed by atoms with E-state index in [1.165, 1.54) is 11.1 Å². The van der Waals surface area contributed by atoms with E-state index in [9.17, 15) is 19.2 Å². The molecule has 58 heavy (non-hydrogen) atoms. The number of hydrogen-bond acceptors (Lipinski definition) is 13. The Morgan fingerprint density at radius 2 is 1.88 bits per heavy atom. The minimum absolute atomic E-state index is 0.0519. The number of anilines is 4. The maximum atomic E-state index is 12.7. The summed E-state index contributed by atoms with van der Waals surface area (Å²) in [5, 5.41) is 10.9. The van der Waals surface area contributed by atoms with Crippen LogP contribution in [0.3, 0.4) is 0 Å². The summed E-state index contributed by atoms with van der Waals surface area (Å²) in [6.45, 7) is 7.03. The average molecular weight is 790 g/mol. The number of primary amides is 1. The SMILES string of the molecule is CN1CCN([C@@H]2CCCN(c3cnc(C(N)=O)c(Nc4ccc5c(c4)OC[C@H]4CN(C[C@H]6Cc7ccc8c(C9CCC(=O)NC9=O)noc8c7C6)CCN54)n3)C2)C1=O. The van der Waals surface area contributed by atoms with E-state index in [1.54, 1.807) is 11.1 Å². The number of fused-ring (bicyclic) bond motifs is 6. The summed E-state index contributed by atoms with van der Waals surface area (Å²) in [6.07, 6.45) is 6.01. The fraction of sp³-hybridized carbons (Fsp3) is 0.488. The van der Waals surface area contributed by atoms with Gasteiger partial charge in [0, 0.05) is 88.5 Å². The predicted octanol–water partition coefficient (Wildman–Crippen LogP) is 2.61. The Kier molecular flexibility index (Phi) is 9.06. The monoisotopic (exact) mass is 789 g/mol. The number of nitrogens with two attached hydrogens (primary N) is 1. The van der Waals surface area contributed by atoms with Crippen LogP contribution < -0.4 is 30.9 Å². The highest BCUT2D eigenvalue weighted by Gasteiger charge is 2.38. The summed E-state index contributed by atoms with van der Waals surface area (Å²) >= 11 is 0. The first-order valence-electron chi connectivity index (χ1n) is 20.4. The van der Waals surface area contributed by atoms with Crippen LogP contribution in [0.4, 0.5) is 27.8 Å². The third-order valence-corrected chi connectivity index (χ3v) is 12.9. The van der Waals surface area contributed by atoms with Crippen molar-refractivity contribution in [2.45, 2.75) is 56.5 Å². The molecule has 4 N–H and O–H groups in total. The number of hydrogen-bond donors (Lipinski definition) is 3. The van der Waals surface area contributed by atoms with Gasteiger partial charge in [0.15, 0.2) is 17.1 Å². The van der Waals surface area contributed by atoms with Gasteiger partial charge in [-0.05, 0) is 61.8 Å². The molecule has 4 aromatic rings. The van der Waals surface area contributed by atoms with Gasteiger partial charge < -0.3 is 39.9 Å². The third kappa shape index (κ3) is 6.50. The predicted molar refractivity (Wildman–Crippen MR) is 213 cm³/mol. The van der Waals surface area contributed by atoms with E-state index in [-0.39, 0.29) is 41.4 Å². The Labute approximate surface area is 334 Å². The zero-order valence-corrected chi connectivity index (χ0v) is 32.5. The minimum atomic E-state index is -0.676. The van der Waals surface area contributed by atoms with E-state index < -0.39 is 11.8 Å². The standard InChI is InChI=1S/C41H47N11O6/c1-48-11-13-52(41(48)56)26-3-2-10-50(21-26)33-18-43-36(38(42)54)39(45-33)44-25-5-8-31-32(17-25)57-22-27-20-49(12-14-51(27)31)19-23-15-24-4-6-28-35(47-58-37(28)30(24)16-23)29-7-9-34(53)46-40(29)55/h4-6,8,17-18,23,26-27,29H,2-3,7,9-16,19-22H2,1H3,(H2,42,54)(H,44,45)(H,46,53,55)/t23-,26+,27+,29?/m0/s1. The summed E-state index contributed by atoms with van der Waals surface area (Å²) in [6, 6.07) is 10.5.